The molecular formula is C16H15NOS. The Bertz CT molecular complexity index is 566. The molecule has 0 aliphatic carbocycles. The summed E-state index contributed by atoms with van der Waals surface area (Å²) < 4.78 is 0. The zero-order valence-electron chi connectivity index (χ0n) is 10.7. The molecule has 0 aliphatic rings. The van der Waals surface area contributed by atoms with Crippen molar-refractivity contribution < 1.29 is 4.79 Å². The Labute approximate surface area is 118 Å². The van der Waals surface area contributed by atoms with E-state index < -0.39 is 0 Å². The molecule has 0 N–H and O–H groups in total. The lowest BCUT2D eigenvalue weighted by Crippen LogP contribution is -2.26. The monoisotopic (exact) mass is 269 g/mol. The standard InChI is InChI=1S/C16H15NOS/c1-17(14-10-6-3-7-11-14)16(19)12-15(18)13-8-4-2-5-9-13/h2-11H,12H2,1H3. The topological polar surface area (TPSA) is 20.3 Å². The molecule has 0 bridgehead atoms. The second-order valence-electron chi connectivity index (χ2n) is 4.25. The van der Waals surface area contributed by atoms with Crippen molar-refractivity contribution in [2.75, 3.05) is 11.9 Å². The first-order valence-electron chi connectivity index (χ1n) is 6.08. The van der Waals surface area contributed by atoms with Crippen LogP contribution in [-0.2, 0) is 0 Å². The van der Waals surface area contributed by atoms with Gasteiger partial charge < -0.3 is 4.90 Å². The van der Waals surface area contributed by atoms with Crippen molar-refractivity contribution in [3.8, 4) is 0 Å². The van der Waals surface area contributed by atoms with Gasteiger partial charge in [-0.1, -0.05) is 60.7 Å². The third-order valence-electron chi connectivity index (χ3n) is 2.93. The number of rotatable bonds is 4. The highest BCUT2D eigenvalue weighted by Gasteiger charge is 2.12. The molecule has 2 nitrogen and oxygen atoms in total. The van der Waals surface area contributed by atoms with Gasteiger partial charge in [0.2, 0.25) is 0 Å². The highest BCUT2D eigenvalue weighted by Crippen LogP contribution is 2.14. The van der Waals surface area contributed by atoms with E-state index in [0.29, 0.717) is 10.6 Å². The molecule has 3 heteroatoms. The maximum atomic E-state index is 12.1. The van der Waals surface area contributed by atoms with Gasteiger partial charge in [0.05, 0.1) is 11.4 Å². The summed E-state index contributed by atoms with van der Waals surface area (Å²) in [5.74, 6) is 0.0494. The lowest BCUT2D eigenvalue weighted by Gasteiger charge is -2.19. The van der Waals surface area contributed by atoms with Gasteiger partial charge in [-0.25, -0.2) is 0 Å². The molecule has 2 aromatic rings. The van der Waals surface area contributed by atoms with Crippen LogP contribution in [-0.4, -0.2) is 17.8 Å². The Morgan fingerprint density at radius 1 is 1.00 bits per heavy atom. The van der Waals surface area contributed by atoms with E-state index in [4.69, 9.17) is 12.2 Å². The summed E-state index contributed by atoms with van der Waals surface area (Å²) in [6, 6.07) is 19.0. The molecule has 0 spiro atoms. The zero-order valence-corrected chi connectivity index (χ0v) is 11.6. The lowest BCUT2D eigenvalue weighted by atomic mass is 10.1. The minimum atomic E-state index is 0.0494. The molecule has 2 rings (SSSR count). The molecule has 0 aromatic heterocycles. The number of ketones is 1. The van der Waals surface area contributed by atoms with Crippen molar-refractivity contribution >= 4 is 28.7 Å². The Morgan fingerprint density at radius 3 is 2.11 bits per heavy atom. The van der Waals surface area contributed by atoms with Crippen LogP contribution in [0.3, 0.4) is 0 Å². The molecule has 0 saturated carbocycles. The summed E-state index contributed by atoms with van der Waals surface area (Å²) in [5.41, 5.74) is 1.69. The van der Waals surface area contributed by atoms with E-state index in [1.54, 1.807) is 0 Å². The number of Topliss-reactive ketones (excluding diaryl/α,β-unsaturated/α-hetero) is 1. The van der Waals surface area contributed by atoms with Crippen LogP contribution in [0.5, 0.6) is 0 Å². The van der Waals surface area contributed by atoms with Crippen LogP contribution in [0.1, 0.15) is 16.8 Å². The summed E-state index contributed by atoms with van der Waals surface area (Å²) in [7, 11) is 1.88. The second kappa shape index (κ2) is 6.25. The summed E-state index contributed by atoms with van der Waals surface area (Å²) in [5, 5.41) is 0. The Hall–Kier alpha value is -2.00. The van der Waals surface area contributed by atoms with Crippen LogP contribution in [0, 0.1) is 0 Å². The van der Waals surface area contributed by atoms with Crippen LogP contribution in [0.15, 0.2) is 60.7 Å². The molecule has 0 aliphatic heterocycles. The highest BCUT2D eigenvalue weighted by molar-refractivity contribution is 7.80. The molecule has 0 radical (unpaired) electrons. The van der Waals surface area contributed by atoms with Crippen molar-refractivity contribution in [3.63, 3.8) is 0 Å². The van der Waals surface area contributed by atoms with Crippen molar-refractivity contribution in [1.29, 1.82) is 0 Å². The van der Waals surface area contributed by atoms with Gasteiger partial charge >= 0.3 is 0 Å². The first kappa shape index (κ1) is 13.4. The zero-order chi connectivity index (χ0) is 13.7. The smallest absolute Gasteiger partial charge is 0.169 e. The summed E-state index contributed by atoms with van der Waals surface area (Å²) in [6.45, 7) is 0. The van der Waals surface area contributed by atoms with E-state index in [0.717, 1.165) is 5.69 Å². The van der Waals surface area contributed by atoms with Crippen LogP contribution in [0.4, 0.5) is 5.69 Å². The SMILES string of the molecule is CN(C(=S)CC(=O)c1ccccc1)c1ccccc1. The average molecular weight is 269 g/mol. The maximum Gasteiger partial charge on any atom is 0.169 e. The quantitative estimate of drug-likeness (QED) is 0.623. The van der Waals surface area contributed by atoms with Crippen molar-refractivity contribution in [3.05, 3.63) is 66.2 Å². The molecule has 96 valence electrons. The largest absolute Gasteiger partial charge is 0.339 e. The molecule has 2 aromatic carbocycles. The summed E-state index contributed by atoms with van der Waals surface area (Å²) >= 11 is 5.34. The normalized spacial score (nSPS) is 9.95. The number of hydrogen-bond acceptors (Lipinski definition) is 2. The van der Waals surface area contributed by atoms with E-state index in [2.05, 4.69) is 0 Å². The molecule has 0 fully saturated rings. The summed E-state index contributed by atoms with van der Waals surface area (Å²) in [4.78, 5) is 14.6. The Morgan fingerprint density at radius 2 is 1.53 bits per heavy atom. The summed E-state index contributed by atoms with van der Waals surface area (Å²) in [6.07, 6.45) is 0.255. The fraction of sp³-hybridized carbons (Fsp3) is 0.125. The first-order valence-corrected chi connectivity index (χ1v) is 6.49. The van der Waals surface area contributed by atoms with E-state index in [9.17, 15) is 4.79 Å². The molecule has 19 heavy (non-hydrogen) atoms. The average Bonchev–Trinajstić information content (AvgIpc) is 2.48. The number of anilines is 1. The molecule has 0 amide bonds. The van der Waals surface area contributed by atoms with Crippen molar-refractivity contribution in [1.82, 2.24) is 0 Å². The number of benzene rings is 2. The third-order valence-corrected chi connectivity index (χ3v) is 3.34. The molecule has 0 atom stereocenters. The van der Waals surface area contributed by atoms with Gasteiger partial charge in [0.15, 0.2) is 5.78 Å². The number of para-hydroxylation sites is 1. The van der Waals surface area contributed by atoms with Crippen LogP contribution in [0.2, 0.25) is 0 Å². The van der Waals surface area contributed by atoms with Crippen LogP contribution < -0.4 is 4.90 Å². The van der Waals surface area contributed by atoms with Gasteiger partial charge in [0.25, 0.3) is 0 Å². The fourth-order valence-corrected chi connectivity index (χ4v) is 2.01. The van der Waals surface area contributed by atoms with Crippen LogP contribution >= 0.6 is 12.2 Å². The van der Waals surface area contributed by atoms with Gasteiger partial charge in [-0.3, -0.25) is 4.79 Å². The number of nitrogens with zero attached hydrogens (tertiary/aromatic N) is 1. The van der Waals surface area contributed by atoms with Crippen molar-refractivity contribution in [2.45, 2.75) is 6.42 Å². The van der Waals surface area contributed by atoms with Gasteiger partial charge in [0.1, 0.15) is 0 Å². The lowest BCUT2D eigenvalue weighted by molar-refractivity contribution is 0.100. The van der Waals surface area contributed by atoms with E-state index >= 15 is 0 Å². The van der Waals surface area contributed by atoms with E-state index in [1.807, 2.05) is 72.6 Å². The number of hydrogen-bond donors (Lipinski definition) is 0. The number of thiocarbonyl (C=S) groups is 1. The Balaban J connectivity index is 2.04. The van der Waals surface area contributed by atoms with Gasteiger partial charge in [-0.2, -0.15) is 0 Å². The number of carbonyl (C=O) groups excluding carboxylic acids is 1. The van der Waals surface area contributed by atoms with E-state index in [1.165, 1.54) is 0 Å². The number of carbonyl (C=O) groups is 1. The van der Waals surface area contributed by atoms with Crippen molar-refractivity contribution in [2.24, 2.45) is 0 Å². The molecule has 0 heterocycles. The van der Waals surface area contributed by atoms with Crippen LogP contribution in [0.25, 0.3) is 0 Å². The van der Waals surface area contributed by atoms with Gasteiger partial charge in [-0.15, -0.1) is 0 Å². The second-order valence-corrected chi connectivity index (χ2v) is 4.73. The molecular weight excluding hydrogens is 254 g/mol. The van der Waals surface area contributed by atoms with Gasteiger partial charge in [-0.05, 0) is 12.1 Å². The first-order chi connectivity index (χ1) is 9.18. The minimum absolute atomic E-state index is 0.0494. The predicted molar refractivity (Wildman–Crippen MR) is 82.8 cm³/mol. The molecule has 0 unspecified atom stereocenters. The molecule has 0 saturated heterocycles. The minimum Gasteiger partial charge on any atom is -0.339 e. The maximum absolute atomic E-state index is 12.1. The predicted octanol–water partition coefficient (Wildman–Crippen LogP) is 3.72. The van der Waals surface area contributed by atoms with Gasteiger partial charge in [0, 0.05) is 18.3 Å². The van der Waals surface area contributed by atoms with E-state index in [-0.39, 0.29) is 12.2 Å². The Kier molecular flexibility index (Phi) is 4.42. The fourth-order valence-electron chi connectivity index (χ4n) is 1.78. The highest BCUT2D eigenvalue weighted by atomic mass is 32.1. The third kappa shape index (κ3) is 3.48.